The molecule has 2 heterocycles. The Morgan fingerprint density at radius 2 is 1.70 bits per heavy atom. The molecule has 2 N–H and O–H groups in total. The summed E-state index contributed by atoms with van der Waals surface area (Å²) in [6, 6.07) is 23.8. The first-order valence-electron chi connectivity index (χ1n) is 10.1. The van der Waals surface area contributed by atoms with Crippen molar-refractivity contribution in [2.75, 3.05) is 20.1 Å². The fourth-order valence-electron chi connectivity index (χ4n) is 3.55. The van der Waals surface area contributed by atoms with Crippen LogP contribution in [0.3, 0.4) is 0 Å². The van der Waals surface area contributed by atoms with Crippen molar-refractivity contribution < 1.29 is 9.69 Å². The average Bonchev–Trinajstić information content (AvgIpc) is 2.79. The van der Waals surface area contributed by atoms with Gasteiger partial charge in [0, 0.05) is 28.9 Å². The Balaban J connectivity index is 1.48. The molecule has 30 heavy (non-hydrogen) atoms. The van der Waals surface area contributed by atoms with Crippen LogP contribution in [0.25, 0.3) is 22.2 Å². The Morgan fingerprint density at radius 1 is 0.967 bits per heavy atom. The molecule has 2 aromatic carbocycles. The van der Waals surface area contributed by atoms with Crippen LogP contribution in [0.5, 0.6) is 0 Å². The lowest BCUT2D eigenvalue weighted by Crippen LogP contribution is -3.08. The summed E-state index contributed by atoms with van der Waals surface area (Å²) in [7, 11) is 2.14. The van der Waals surface area contributed by atoms with Crippen molar-refractivity contribution in [3.05, 3.63) is 96.3 Å². The second-order valence-electron chi connectivity index (χ2n) is 7.43. The normalized spacial score (nSPS) is 11.9. The van der Waals surface area contributed by atoms with E-state index in [-0.39, 0.29) is 5.91 Å². The zero-order valence-electron chi connectivity index (χ0n) is 17.0. The number of benzene rings is 2. The van der Waals surface area contributed by atoms with Gasteiger partial charge in [-0.05, 0) is 24.3 Å². The van der Waals surface area contributed by atoms with Crippen LogP contribution in [-0.2, 0) is 6.54 Å². The predicted octanol–water partition coefficient (Wildman–Crippen LogP) is 2.74. The number of quaternary nitrogens is 1. The zero-order chi connectivity index (χ0) is 20.8. The van der Waals surface area contributed by atoms with Crippen molar-refractivity contribution in [1.29, 1.82) is 0 Å². The summed E-state index contributed by atoms with van der Waals surface area (Å²) in [6.07, 6.45) is 3.47. The number of para-hydroxylation sites is 1. The second-order valence-corrected chi connectivity index (χ2v) is 7.43. The maximum atomic E-state index is 13.0. The molecule has 1 atom stereocenters. The molecule has 150 valence electrons. The summed E-state index contributed by atoms with van der Waals surface area (Å²) >= 11 is 0. The van der Waals surface area contributed by atoms with Crippen LogP contribution in [0.15, 0.2) is 85.2 Å². The van der Waals surface area contributed by atoms with Crippen molar-refractivity contribution in [2.24, 2.45) is 0 Å². The minimum atomic E-state index is -0.0728. The van der Waals surface area contributed by atoms with Crippen molar-refractivity contribution in [2.45, 2.75) is 6.54 Å². The highest BCUT2D eigenvalue weighted by molar-refractivity contribution is 6.07. The minimum absolute atomic E-state index is 0.0728. The van der Waals surface area contributed by atoms with Crippen molar-refractivity contribution in [1.82, 2.24) is 15.3 Å². The van der Waals surface area contributed by atoms with Crippen LogP contribution in [0.4, 0.5) is 0 Å². The van der Waals surface area contributed by atoms with Gasteiger partial charge in [-0.1, -0.05) is 48.5 Å². The third-order valence-electron chi connectivity index (χ3n) is 5.12. The molecule has 0 bridgehead atoms. The Hall–Kier alpha value is -3.57. The molecule has 0 spiro atoms. The molecule has 5 heteroatoms. The quantitative estimate of drug-likeness (QED) is 0.504. The van der Waals surface area contributed by atoms with Gasteiger partial charge in [0.05, 0.1) is 36.9 Å². The van der Waals surface area contributed by atoms with Gasteiger partial charge in [0.25, 0.3) is 5.91 Å². The highest BCUT2D eigenvalue weighted by atomic mass is 16.1. The summed E-state index contributed by atoms with van der Waals surface area (Å²) in [5.74, 6) is -0.0728. The summed E-state index contributed by atoms with van der Waals surface area (Å²) in [5, 5.41) is 3.95. The van der Waals surface area contributed by atoms with E-state index in [1.165, 1.54) is 10.5 Å². The first-order valence-corrected chi connectivity index (χ1v) is 10.1. The Kier molecular flexibility index (Phi) is 6.11. The third kappa shape index (κ3) is 4.70. The molecule has 0 fully saturated rings. The number of hydrogen-bond donors (Lipinski definition) is 2. The number of carbonyl (C=O) groups excluding carboxylic acids is 1. The Labute approximate surface area is 176 Å². The molecule has 5 nitrogen and oxygen atoms in total. The van der Waals surface area contributed by atoms with E-state index in [1.54, 1.807) is 12.4 Å². The number of rotatable bonds is 7. The molecule has 1 unspecified atom stereocenters. The third-order valence-corrected chi connectivity index (χ3v) is 5.12. The van der Waals surface area contributed by atoms with Crippen molar-refractivity contribution in [3.63, 3.8) is 0 Å². The highest BCUT2D eigenvalue weighted by Gasteiger charge is 2.14. The van der Waals surface area contributed by atoms with Gasteiger partial charge in [0.1, 0.15) is 6.54 Å². The maximum absolute atomic E-state index is 13.0. The molecule has 0 aliphatic heterocycles. The number of pyridine rings is 2. The van der Waals surface area contributed by atoms with Crippen LogP contribution in [-0.4, -0.2) is 36.0 Å². The van der Waals surface area contributed by atoms with E-state index in [0.29, 0.717) is 12.1 Å². The topological polar surface area (TPSA) is 59.3 Å². The van der Waals surface area contributed by atoms with E-state index >= 15 is 0 Å². The predicted molar refractivity (Wildman–Crippen MR) is 119 cm³/mol. The molecule has 1 amide bonds. The number of hydrogen-bond acceptors (Lipinski definition) is 3. The number of aromatic nitrogens is 2. The second kappa shape index (κ2) is 9.29. The minimum Gasteiger partial charge on any atom is -0.346 e. The van der Waals surface area contributed by atoms with Crippen molar-refractivity contribution in [3.8, 4) is 11.3 Å². The largest absolute Gasteiger partial charge is 0.346 e. The monoisotopic (exact) mass is 397 g/mol. The first kappa shape index (κ1) is 19.7. The zero-order valence-corrected chi connectivity index (χ0v) is 17.0. The first-order chi connectivity index (χ1) is 14.7. The number of amides is 1. The fraction of sp³-hybridized carbons (Fsp3) is 0.160. The molecule has 2 aromatic heterocycles. The molecule has 0 saturated carbocycles. The Bertz CT molecular complexity index is 1130. The fourth-order valence-corrected chi connectivity index (χ4v) is 3.55. The highest BCUT2D eigenvalue weighted by Crippen LogP contribution is 2.24. The van der Waals surface area contributed by atoms with E-state index in [9.17, 15) is 4.79 Å². The summed E-state index contributed by atoms with van der Waals surface area (Å²) in [5.41, 5.74) is 4.46. The van der Waals surface area contributed by atoms with E-state index < -0.39 is 0 Å². The van der Waals surface area contributed by atoms with Crippen LogP contribution in [0, 0.1) is 0 Å². The van der Waals surface area contributed by atoms with Gasteiger partial charge < -0.3 is 10.2 Å². The standard InChI is InChI=1S/C25H24N4O/c1-29(18-19-7-3-2-4-8-19)16-15-27-25(30)22-17-24(20-11-13-26-14-12-20)28-23-10-6-5-9-21(22)23/h2-14,17H,15-16,18H2,1H3,(H,27,30)/p+1. The van der Waals surface area contributed by atoms with Gasteiger partial charge in [0.2, 0.25) is 0 Å². The smallest absolute Gasteiger partial charge is 0.252 e. The molecule has 0 saturated heterocycles. The molecular weight excluding hydrogens is 372 g/mol. The molecule has 4 rings (SSSR count). The number of likely N-dealkylation sites (N-methyl/N-ethyl adjacent to an activating group) is 1. The number of nitrogens with one attached hydrogen (secondary N) is 2. The van der Waals surface area contributed by atoms with E-state index in [2.05, 4.69) is 41.6 Å². The van der Waals surface area contributed by atoms with Crippen LogP contribution in [0.2, 0.25) is 0 Å². The number of nitrogens with zero attached hydrogens (tertiary/aromatic N) is 2. The van der Waals surface area contributed by atoms with Crippen molar-refractivity contribution >= 4 is 16.8 Å². The van der Waals surface area contributed by atoms with Gasteiger partial charge in [-0.25, -0.2) is 4.98 Å². The Morgan fingerprint density at radius 3 is 2.50 bits per heavy atom. The lowest BCUT2D eigenvalue weighted by molar-refractivity contribution is -0.892. The average molecular weight is 398 g/mol. The van der Waals surface area contributed by atoms with Gasteiger partial charge >= 0.3 is 0 Å². The van der Waals surface area contributed by atoms with Gasteiger partial charge in [-0.15, -0.1) is 0 Å². The van der Waals surface area contributed by atoms with Gasteiger partial charge in [-0.3, -0.25) is 9.78 Å². The SMILES string of the molecule is C[NH+](CCNC(=O)c1cc(-c2ccncc2)nc2ccccc12)Cc1ccccc1. The number of carbonyl (C=O) groups is 1. The molecular formula is C25H25N4O+. The number of fused-ring (bicyclic) bond motifs is 1. The lowest BCUT2D eigenvalue weighted by Gasteiger charge is -2.15. The molecule has 0 aliphatic rings. The van der Waals surface area contributed by atoms with E-state index in [4.69, 9.17) is 4.98 Å². The molecule has 4 aromatic rings. The molecule has 0 aliphatic carbocycles. The summed E-state index contributed by atoms with van der Waals surface area (Å²) < 4.78 is 0. The summed E-state index contributed by atoms with van der Waals surface area (Å²) in [4.78, 5) is 23.2. The lowest BCUT2D eigenvalue weighted by atomic mass is 10.0. The van der Waals surface area contributed by atoms with Crippen LogP contribution < -0.4 is 10.2 Å². The van der Waals surface area contributed by atoms with Gasteiger partial charge in [-0.2, -0.15) is 0 Å². The van der Waals surface area contributed by atoms with E-state index in [1.807, 2.05) is 48.5 Å². The van der Waals surface area contributed by atoms with Crippen LogP contribution >= 0.6 is 0 Å². The van der Waals surface area contributed by atoms with E-state index in [0.717, 1.165) is 35.2 Å². The summed E-state index contributed by atoms with van der Waals surface area (Å²) in [6.45, 7) is 2.39. The van der Waals surface area contributed by atoms with Crippen LogP contribution in [0.1, 0.15) is 15.9 Å². The maximum Gasteiger partial charge on any atom is 0.252 e. The molecule has 0 radical (unpaired) electrons. The van der Waals surface area contributed by atoms with Gasteiger partial charge in [0.15, 0.2) is 0 Å².